The van der Waals surface area contributed by atoms with E-state index in [0.717, 1.165) is 37.1 Å². The van der Waals surface area contributed by atoms with E-state index in [-0.39, 0.29) is 23.5 Å². The Bertz CT molecular complexity index is 441. The van der Waals surface area contributed by atoms with Crippen LogP contribution in [0.5, 0.6) is 0 Å². The van der Waals surface area contributed by atoms with Gasteiger partial charge in [0.25, 0.3) is 0 Å². The standard InChI is InChI=1S/C16H22ClNO/c17-12-7-5-11(6-8-12)16(9-2-10-16)15(19)13-3-1-4-14(13)18/h5-8,13-15,19H,1-4,9-10,18H2/t13-,14-,15-/m1/s1. The highest BCUT2D eigenvalue weighted by Crippen LogP contribution is 2.50. The zero-order valence-corrected chi connectivity index (χ0v) is 11.9. The fourth-order valence-corrected chi connectivity index (χ4v) is 4.04. The Kier molecular flexibility index (Phi) is 3.59. The summed E-state index contributed by atoms with van der Waals surface area (Å²) in [4.78, 5) is 0. The lowest BCUT2D eigenvalue weighted by Crippen LogP contribution is -2.51. The van der Waals surface area contributed by atoms with E-state index in [9.17, 15) is 5.11 Å². The molecular formula is C16H22ClNO. The molecule has 0 aromatic heterocycles. The molecule has 2 saturated carbocycles. The predicted molar refractivity (Wildman–Crippen MR) is 78.3 cm³/mol. The smallest absolute Gasteiger partial charge is 0.0679 e. The fraction of sp³-hybridized carbons (Fsp3) is 0.625. The number of hydrogen-bond acceptors (Lipinski definition) is 2. The van der Waals surface area contributed by atoms with E-state index in [1.54, 1.807) is 0 Å². The lowest BCUT2D eigenvalue weighted by Gasteiger charge is -2.49. The molecule has 0 unspecified atom stereocenters. The van der Waals surface area contributed by atoms with Gasteiger partial charge in [-0.05, 0) is 43.4 Å². The zero-order valence-electron chi connectivity index (χ0n) is 11.2. The largest absolute Gasteiger partial charge is 0.392 e. The first kappa shape index (κ1) is 13.4. The summed E-state index contributed by atoms with van der Waals surface area (Å²) >= 11 is 5.97. The Balaban J connectivity index is 1.88. The van der Waals surface area contributed by atoms with Crippen LogP contribution in [0.25, 0.3) is 0 Å². The Morgan fingerprint density at radius 2 is 1.84 bits per heavy atom. The van der Waals surface area contributed by atoms with Crippen molar-refractivity contribution in [2.24, 2.45) is 11.7 Å². The predicted octanol–water partition coefficient (Wildman–Crippen LogP) is 3.25. The third kappa shape index (κ3) is 2.20. The molecule has 1 aromatic carbocycles. The molecule has 0 aliphatic heterocycles. The van der Waals surface area contributed by atoms with Crippen LogP contribution in [0.1, 0.15) is 44.1 Å². The van der Waals surface area contributed by atoms with Crippen LogP contribution in [-0.4, -0.2) is 17.3 Å². The SMILES string of the molecule is N[C@@H]1CCC[C@H]1[C@@H](O)C1(c2ccc(Cl)cc2)CCC1. The molecular weight excluding hydrogens is 258 g/mol. The number of rotatable bonds is 3. The van der Waals surface area contributed by atoms with Gasteiger partial charge in [-0.3, -0.25) is 0 Å². The lowest BCUT2D eigenvalue weighted by atomic mass is 9.58. The van der Waals surface area contributed by atoms with Crippen molar-refractivity contribution in [2.75, 3.05) is 0 Å². The van der Waals surface area contributed by atoms with Crippen molar-refractivity contribution in [3.63, 3.8) is 0 Å². The van der Waals surface area contributed by atoms with Crippen LogP contribution in [-0.2, 0) is 5.41 Å². The molecule has 0 radical (unpaired) electrons. The van der Waals surface area contributed by atoms with Crippen molar-refractivity contribution in [3.8, 4) is 0 Å². The van der Waals surface area contributed by atoms with Crippen LogP contribution < -0.4 is 5.73 Å². The van der Waals surface area contributed by atoms with Gasteiger partial charge in [0.2, 0.25) is 0 Å². The van der Waals surface area contributed by atoms with Crippen molar-refractivity contribution in [1.82, 2.24) is 0 Å². The molecule has 0 spiro atoms. The molecule has 2 fully saturated rings. The van der Waals surface area contributed by atoms with Gasteiger partial charge in [0.15, 0.2) is 0 Å². The van der Waals surface area contributed by atoms with Crippen molar-refractivity contribution in [2.45, 2.75) is 56.1 Å². The van der Waals surface area contributed by atoms with Crippen LogP contribution >= 0.6 is 11.6 Å². The number of aliphatic hydroxyl groups is 1. The van der Waals surface area contributed by atoms with Crippen molar-refractivity contribution >= 4 is 11.6 Å². The minimum absolute atomic E-state index is 0.0722. The van der Waals surface area contributed by atoms with Gasteiger partial charge < -0.3 is 10.8 Å². The summed E-state index contributed by atoms with van der Waals surface area (Å²) in [6, 6.07) is 8.17. The Hall–Kier alpha value is -0.570. The highest BCUT2D eigenvalue weighted by molar-refractivity contribution is 6.30. The molecule has 1 aromatic rings. The Morgan fingerprint density at radius 1 is 1.16 bits per heavy atom. The summed E-state index contributed by atoms with van der Waals surface area (Å²) in [6.45, 7) is 0. The molecule has 2 aliphatic carbocycles. The molecule has 2 nitrogen and oxygen atoms in total. The zero-order chi connectivity index (χ0) is 13.5. The van der Waals surface area contributed by atoms with Crippen molar-refractivity contribution in [1.29, 1.82) is 0 Å². The molecule has 3 heteroatoms. The van der Waals surface area contributed by atoms with E-state index in [0.29, 0.717) is 0 Å². The number of halogens is 1. The molecule has 2 aliphatic rings. The third-order valence-corrected chi connectivity index (χ3v) is 5.51. The molecule has 3 N–H and O–H groups in total. The van der Waals surface area contributed by atoms with E-state index >= 15 is 0 Å². The second kappa shape index (κ2) is 5.08. The fourth-order valence-electron chi connectivity index (χ4n) is 3.91. The number of aliphatic hydroxyl groups excluding tert-OH is 1. The van der Waals surface area contributed by atoms with E-state index in [2.05, 4.69) is 12.1 Å². The summed E-state index contributed by atoms with van der Waals surface area (Å²) in [7, 11) is 0. The molecule has 0 bridgehead atoms. The molecule has 3 atom stereocenters. The van der Waals surface area contributed by atoms with Crippen molar-refractivity contribution in [3.05, 3.63) is 34.9 Å². The topological polar surface area (TPSA) is 46.2 Å². The van der Waals surface area contributed by atoms with Gasteiger partial charge in [-0.15, -0.1) is 0 Å². The van der Waals surface area contributed by atoms with Gasteiger partial charge in [0, 0.05) is 22.4 Å². The molecule has 104 valence electrons. The summed E-state index contributed by atoms with van der Waals surface area (Å²) in [5, 5.41) is 11.7. The van der Waals surface area contributed by atoms with Gasteiger partial charge in [0.05, 0.1) is 6.10 Å². The van der Waals surface area contributed by atoms with Crippen LogP contribution in [0.15, 0.2) is 24.3 Å². The first-order chi connectivity index (χ1) is 9.13. The second-order valence-electron chi connectivity index (χ2n) is 6.22. The first-order valence-electron chi connectivity index (χ1n) is 7.33. The van der Waals surface area contributed by atoms with Gasteiger partial charge >= 0.3 is 0 Å². The Morgan fingerprint density at radius 3 is 2.32 bits per heavy atom. The molecule has 0 saturated heterocycles. The first-order valence-corrected chi connectivity index (χ1v) is 7.71. The van der Waals surface area contributed by atoms with Crippen molar-refractivity contribution < 1.29 is 5.11 Å². The molecule has 0 heterocycles. The van der Waals surface area contributed by atoms with E-state index in [1.807, 2.05) is 12.1 Å². The average Bonchev–Trinajstić information content (AvgIpc) is 2.76. The van der Waals surface area contributed by atoms with E-state index in [1.165, 1.54) is 12.0 Å². The third-order valence-electron chi connectivity index (χ3n) is 5.26. The number of hydrogen-bond donors (Lipinski definition) is 2. The summed E-state index contributed by atoms with van der Waals surface area (Å²) in [6.07, 6.45) is 6.30. The van der Waals surface area contributed by atoms with Gasteiger partial charge in [0.1, 0.15) is 0 Å². The van der Waals surface area contributed by atoms with Crippen LogP contribution in [0, 0.1) is 5.92 Å². The summed E-state index contributed by atoms with van der Waals surface area (Å²) in [5.74, 6) is 0.260. The summed E-state index contributed by atoms with van der Waals surface area (Å²) in [5.41, 5.74) is 7.34. The molecule has 19 heavy (non-hydrogen) atoms. The lowest BCUT2D eigenvalue weighted by molar-refractivity contribution is -0.0166. The van der Waals surface area contributed by atoms with Crippen LogP contribution in [0.4, 0.5) is 0 Å². The normalized spacial score (nSPS) is 30.9. The van der Waals surface area contributed by atoms with Crippen LogP contribution in [0.2, 0.25) is 5.02 Å². The maximum absolute atomic E-state index is 10.9. The Labute approximate surface area is 120 Å². The minimum atomic E-state index is -0.306. The van der Waals surface area contributed by atoms with E-state index < -0.39 is 0 Å². The second-order valence-corrected chi connectivity index (χ2v) is 6.66. The van der Waals surface area contributed by atoms with Gasteiger partial charge in [-0.2, -0.15) is 0 Å². The van der Waals surface area contributed by atoms with E-state index in [4.69, 9.17) is 17.3 Å². The quantitative estimate of drug-likeness (QED) is 0.892. The maximum atomic E-state index is 10.9. The minimum Gasteiger partial charge on any atom is -0.392 e. The van der Waals surface area contributed by atoms with Gasteiger partial charge in [-0.25, -0.2) is 0 Å². The number of benzene rings is 1. The monoisotopic (exact) mass is 279 g/mol. The summed E-state index contributed by atoms with van der Waals surface area (Å²) < 4.78 is 0. The highest BCUT2D eigenvalue weighted by atomic mass is 35.5. The van der Waals surface area contributed by atoms with Crippen LogP contribution in [0.3, 0.4) is 0 Å². The molecule has 3 rings (SSSR count). The average molecular weight is 280 g/mol. The number of nitrogens with two attached hydrogens (primary N) is 1. The maximum Gasteiger partial charge on any atom is 0.0679 e. The molecule has 0 amide bonds. The highest BCUT2D eigenvalue weighted by Gasteiger charge is 2.49. The van der Waals surface area contributed by atoms with Gasteiger partial charge in [-0.1, -0.05) is 36.6 Å².